The van der Waals surface area contributed by atoms with Crippen LogP contribution in [0.4, 0.5) is 11.4 Å². The highest BCUT2D eigenvalue weighted by atomic mass is 32.2. The van der Waals surface area contributed by atoms with Crippen LogP contribution in [0.3, 0.4) is 0 Å². The Morgan fingerprint density at radius 1 is 1.11 bits per heavy atom. The first-order valence-corrected chi connectivity index (χ1v) is 14.0. The number of nitrogens with one attached hydrogen (secondary N) is 2. The fraction of sp³-hybridized carbons (Fsp3) is 0.367. The van der Waals surface area contributed by atoms with Crippen LogP contribution in [-0.4, -0.2) is 41.5 Å². The van der Waals surface area contributed by atoms with Crippen LogP contribution < -0.4 is 10.6 Å². The van der Waals surface area contributed by atoms with E-state index >= 15 is 0 Å². The Kier molecular flexibility index (Phi) is 10.2. The van der Waals surface area contributed by atoms with Crippen LogP contribution >= 0.6 is 11.8 Å². The van der Waals surface area contributed by atoms with E-state index in [1.54, 1.807) is 17.2 Å². The van der Waals surface area contributed by atoms with Gasteiger partial charge in [0.15, 0.2) is 0 Å². The Labute approximate surface area is 230 Å². The molecule has 8 heteroatoms. The predicted molar refractivity (Wildman–Crippen MR) is 158 cm³/mol. The van der Waals surface area contributed by atoms with E-state index < -0.39 is 5.41 Å². The first-order valence-electron chi connectivity index (χ1n) is 12.8. The van der Waals surface area contributed by atoms with Gasteiger partial charge in [-0.05, 0) is 50.1 Å². The van der Waals surface area contributed by atoms with Gasteiger partial charge in [-0.1, -0.05) is 63.2 Å². The van der Waals surface area contributed by atoms with Gasteiger partial charge in [0.05, 0.1) is 11.1 Å². The Balaban J connectivity index is 1.59. The van der Waals surface area contributed by atoms with E-state index in [0.717, 1.165) is 16.3 Å². The summed E-state index contributed by atoms with van der Waals surface area (Å²) < 4.78 is 6.14. The number of aliphatic imine (C=N–C) groups is 1. The molecule has 2 amide bonds. The molecule has 1 heterocycles. The molecule has 0 aliphatic carbocycles. The van der Waals surface area contributed by atoms with E-state index in [1.165, 1.54) is 11.8 Å². The molecule has 0 saturated carbocycles. The van der Waals surface area contributed by atoms with Crippen molar-refractivity contribution in [1.29, 1.82) is 0 Å². The van der Waals surface area contributed by atoms with E-state index in [-0.39, 0.29) is 30.4 Å². The number of ether oxygens (including phenoxy) is 1. The lowest BCUT2D eigenvalue weighted by Gasteiger charge is -2.22. The van der Waals surface area contributed by atoms with E-state index in [4.69, 9.17) is 4.74 Å². The summed E-state index contributed by atoms with van der Waals surface area (Å²) in [5.41, 5.74) is 2.14. The molecule has 38 heavy (non-hydrogen) atoms. The zero-order valence-corrected chi connectivity index (χ0v) is 23.8. The zero-order valence-electron chi connectivity index (χ0n) is 23.0. The van der Waals surface area contributed by atoms with Crippen molar-refractivity contribution in [3.63, 3.8) is 0 Å². The highest BCUT2D eigenvalue weighted by Crippen LogP contribution is 2.30. The Morgan fingerprint density at radius 2 is 1.82 bits per heavy atom. The van der Waals surface area contributed by atoms with Gasteiger partial charge in [-0.15, -0.1) is 11.8 Å². The number of thioether (sulfide) groups is 1. The maximum absolute atomic E-state index is 13.0. The minimum absolute atomic E-state index is 0.00757. The number of nitrogens with zero attached hydrogens (tertiary/aromatic N) is 2. The van der Waals surface area contributed by atoms with Gasteiger partial charge >= 0.3 is 0 Å². The van der Waals surface area contributed by atoms with Crippen LogP contribution in [-0.2, 0) is 14.3 Å². The zero-order chi connectivity index (χ0) is 27.7. The van der Waals surface area contributed by atoms with E-state index in [0.29, 0.717) is 18.1 Å². The topological polar surface area (TPSA) is 83.0 Å². The molecule has 1 aliphatic rings. The number of anilines is 2. The summed E-state index contributed by atoms with van der Waals surface area (Å²) in [6.45, 7) is 10.1. The van der Waals surface area contributed by atoms with Crippen molar-refractivity contribution in [1.82, 2.24) is 4.90 Å². The predicted octanol–water partition coefficient (Wildman–Crippen LogP) is 6.60. The molecular formula is C30H38N4O3S. The third-order valence-electron chi connectivity index (χ3n) is 5.95. The van der Waals surface area contributed by atoms with Crippen LogP contribution in [0, 0.1) is 5.41 Å². The third kappa shape index (κ3) is 7.99. The second-order valence-electron chi connectivity index (χ2n) is 10.0. The molecular weight excluding hydrogens is 496 g/mol. The Bertz CT molecular complexity index is 1200. The molecule has 7 nitrogen and oxygen atoms in total. The minimum atomic E-state index is -0.475. The van der Waals surface area contributed by atoms with Crippen LogP contribution in [0.15, 0.2) is 83.0 Å². The number of rotatable bonds is 10. The maximum Gasteiger partial charge on any atom is 0.231 e. The Morgan fingerprint density at radius 3 is 2.47 bits per heavy atom. The molecule has 2 N–H and O–H groups in total. The van der Waals surface area contributed by atoms with Crippen molar-refractivity contribution in [2.24, 2.45) is 10.4 Å². The lowest BCUT2D eigenvalue weighted by atomic mass is 9.95. The fourth-order valence-corrected chi connectivity index (χ4v) is 4.50. The minimum Gasteiger partial charge on any atom is -0.467 e. The van der Waals surface area contributed by atoms with Crippen molar-refractivity contribution < 1.29 is 14.3 Å². The molecule has 0 spiro atoms. The smallest absolute Gasteiger partial charge is 0.231 e. The monoisotopic (exact) mass is 534 g/mol. The maximum atomic E-state index is 13.0. The highest BCUT2D eigenvalue weighted by molar-refractivity contribution is 8.02. The largest absolute Gasteiger partial charge is 0.467 e. The van der Waals surface area contributed by atoms with Crippen LogP contribution in [0.1, 0.15) is 52.7 Å². The van der Waals surface area contributed by atoms with Crippen LogP contribution in [0.5, 0.6) is 0 Å². The van der Waals surface area contributed by atoms with E-state index in [2.05, 4.69) is 15.6 Å². The van der Waals surface area contributed by atoms with Crippen molar-refractivity contribution >= 4 is 40.8 Å². The number of carbonyl (C=O) groups excluding carboxylic acids is 2. The summed E-state index contributed by atoms with van der Waals surface area (Å²) in [5, 5.41) is 6.89. The average molecular weight is 535 g/mol. The molecule has 2 aromatic carbocycles. The summed E-state index contributed by atoms with van der Waals surface area (Å²) in [7, 11) is 0. The molecule has 0 unspecified atom stereocenters. The van der Waals surface area contributed by atoms with E-state index in [1.807, 2.05) is 102 Å². The summed E-state index contributed by atoms with van der Waals surface area (Å²) in [4.78, 5) is 31.7. The van der Waals surface area contributed by atoms with Gasteiger partial charge in [0.1, 0.15) is 6.10 Å². The first kappa shape index (κ1) is 29.0. The molecule has 2 atom stereocenters. The van der Waals surface area contributed by atoms with Gasteiger partial charge in [-0.3, -0.25) is 9.59 Å². The van der Waals surface area contributed by atoms with Crippen molar-refractivity contribution in [3.05, 3.63) is 83.5 Å². The number of carbonyl (C=O) groups is 2. The Hall–Kier alpha value is -3.52. The molecule has 0 bridgehead atoms. The number of hydrogen-bond acceptors (Lipinski definition) is 6. The first-order chi connectivity index (χ1) is 18.1. The molecule has 0 radical (unpaired) electrons. The van der Waals surface area contributed by atoms with Crippen LogP contribution in [0.2, 0.25) is 0 Å². The van der Waals surface area contributed by atoms with Crippen LogP contribution in [0.25, 0.3) is 0 Å². The van der Waals surface area contributed by atoms with Crippen molar-refractivity contribution in [2.75, 3.05) is 23.4 Å². The molecule has 202 valence electrons. The summed E-state index contributed by atoms with van der Waals surface area (Å²) in [6, 6.07) is 17.5. The number of hydrogen-bond donors (Lipinski definition) is 2. The van der Waals surface area contributed by atoms with Gasteiger partial charge < -0.3 is 20.3 Å². The second-order valence-corrected chi connectivity index (χ2v) is 10.8. The lowest BCUT2D eigenvalue weighted by molar-refractivity contribution is -0.127. The van der Waals surface area contributed by atoms with Crippen molar-refractivity contribution in [3.8, 4) is 0 Å². The second kappa shape index (κ2) is 13.3. The molecule has 0 aromatic heterocycles. The summed E-state index contributed by atoms with van der Waals surface area (Å²) in [6.07, 6.45) is 7.43. The normalized spacial score (nSPS) is 17.6. The standard InChI is InChI=1S/C30H38N4O3S/c1-7-34(27(38-6)20-25-32-21(2)28(37-25)22-13-9-8-10-14-22)26(35)17-12-18-31-23-15-11-16-24(19-23)33-29(36)30(3,4)5/h8-16,18-21,28,31H,7,17H2,1-6H3,(H,33,36)/b18-12-,27-20-/t21-,28+/m1/s1. The lowest BCUT2D eigenvalue weighted by Crippen LogP contribution is -2.29. The van der Waals surface area contributed by atoms with Gasteiger partial charge in [0.25, 0.3) is 0 Å². The quantitative estimate of drug-likeness (QED) is 0.359. The molecule has 2 aromatic rings. The summed E-state index contributed by atoms with van der Waals surface area (Å²) >= 11 is 1.49. The highest BCUT2D eigenvalue weighted by Gasteiger charge is 2.29. The third-order valence-corrected chi connectivity index (χ3v) is 6.70. The van der Waals surface area contributed by atoms with Gasteiger partial charge in [-0.25, -0.2) is 4.99 Å². The average Bonchev–Trinajstić information content (AvgIpc) is 3.26. The molecule has 0 fully saturated rings. The number of amides is 2. The molecule has 1 aliphatic heterocycles. The molecule has 3 rings (SSSR count). The van der Waals surface area contributed by atoms with Crippen molar-refractivity contribution in [2.45, 2.75) is 53.2 Å². The van der Waals surface area contributed by atoms with Gasteiger partial charge in [0.2, 0.25) is 17.7 Å². The van der Waals surface area contributed by atoms with E-state index in [9.17, 15) is 9.59 Å². The molecule has 0 saturated heterocycles. The SMILES string of the molecule is CCN(C(=O)C/C=C\Nc1cccc(NC(=O)C(C)(C)C)c1)/C(=C/C1=N[C@H](C)[C@@H](c2ccccc2)O1)SC. The summed E-state index contributed by atoms with van der Waals surface area (Å²) in [5.74, 6) is 0.466. The number of benzene rings is 2. The fourth-order valence-electron chi connectivity index (χ4n) is 3.83. The van der Waals surface area contributed by atoms with Gasteiger partial charge in [0, 0.05) is 35.8 Å². The van der Waals surface area contributed by atoms with Gasteiger partial charge in [-0.2, -0.15) is 0 Å².